The fourth-order valence-corrected chi connectivity index (χ4v) is 5.44. The van der Waals surface area contributed by atoms with Crippen molar-refractivity contribution in [3.05, 3.63) is 30.6 Å². The highest BCUT2D eigenvalue weighted by molar-refractivity contribution is 7.47. The van der Waals surface area contributed by atoms with Crippen LogP contribution in [0.3, 0.4) is 0 Å². The van der Waals surface area contributed by atoms with Crippen LogP contribution in [0.4, 0.5) is 4.79 Å². The van der Waals surface area contributed by atoms with Gasteiger partial charge in [0.1, 0.15) is 6.61 Å². The number of hydrogen-bond acceptors (Lipinski definition) is 6. The van der Waals surface area contributed by atoms with Crippen LogP contribution in [0.2, 0.25) is 0 Å². The summed E-state index contributed by atoms with van der Waals surface area (Å²) in [6, 6.07) is 5.61. The molecule has 1 rings (SSSR count). The molecule has 2 atom stereocenters. The molecule has 2 N–H and O–H groups in total. The molecular formula is C33H62N2O7P+. The van der Waals surface area contributed by atoms with E-state index in [1.165, 1.54) is 89.9 Å². The van der Waals surface area contributed by atoms with Gasteiger partial charge in [-0.15, -0.1) is 0 Å². The van der Waals surface area contributed by atoms with E-state index >= 15 is 0 Å². The molecule has 0 aliphatic heterocycles. The Morgan fingerprint density at radius 3 is 1.81 bits per heavy atom. The molecule has 1 aromatic heterocycles. The summed E-state index contributed by atoms with van der Waals surface area (Å²) in [6.45, 7) is 5.53. The molecule has 0 radical (unpaired) electrons. The lowest BCUT2D eigenvalue weighted by atomic mass is 10.0. The van der Waals surface area contributed by atoms with Crippen molar-refractivity contribution in [2.24, 2.45) is 0 Å². The van der Waals surface area contributed by atoms with E-state index in [-0.39, 0.29) is 19.8 Å². The van der Waals surface area contributed by atoms with Crippen molar-refractivity contribution < 1.29 is 37.3 Å². The first-order valence-corrected chi connectivity index (χ1v) is 18.5. The van der Waals surface area contributed by atoms with Gasteiger partial charge >= 0.3 is 13.9 Å². The summed E-state index contributed by atoms with van der Waals surface area (Å²) in [5, 5.41) is 2.69. The summed E-state index contributed by atoms with van der Waals surface area (Å²) in [7, 11) is -4.31. The van der Waals surface area contributed by atoms with Gasteiger partial charge in [-0.05, 0) is 12.8 Å². The number of nitrogens with zero attached hydrogens (tertiary/aromatic N) is 1. The van der Waals surface area contributed by atoms with Gasteiger partial charge in [-0.25, -0.2) is 13.9 Å². The number of aromatic nitrogens is 1. The molecule has 0 aliphatic carbocycles. The van der Waals surface area contributed by atoms with Gasteiger partial charge in [0.15, 0.2) is 25.0 Å². The number of pyridine rings is 1. The number of ether oxygens (including phenoxy) is 2. The Labute approximate surface area is 262 Å². The SMILES string of the molecule is CCCCCCCCCCCCCCCCCCOCC(COP(=O)(O)OCC[n+]1ccccc1)OC(=O)NCCCC. The molecular weight excluding hydrogens is 567 g/mol. The number of carbonyl (C=O) groups excluding carboxylic acids is 1. The lowest BCUT2D eigenvalue weighted by Gasteiger charge is -2.20. The molecule has 0 saturated carbocycles. The van der Waals surface area contributed by atoms with Crippen LogP contribution in [-0.2, 0) is 29.6 Å². The number of phosphoric ester groups is 1. The van der Waals surface area contributed by atoms with E-state index in [2.05, 4.69) is 12.2 Å². The molecule has 0 bridgehead atoms. The number of carbonyl (C=O) groups is 1. The van der Waals surface area contributed by atoms with Gasteiger partial charge in [-0.3, -0.25) is 9.05 Å². The smallest absolute Gasteiger partial charge is 0.441 e. The van der Waals surface area contributed by atoms with Crippen molar-refractivity contribution in [1.82, 2.24) is 5.32 Å². The maximum atomic E-state index is 12.4. The zero-order chi connectivity index (χ0) is 31.3. The average molecular weight is 630 g/mol. The molecule has 1 aromatic rings. The Balaban J connectivity index is 2.16. The maximum Gasteiger partial charge on any atom is 0.472 e. The molecule has 250 valence electrons. The summed E-state index contributed by atoms with van der Waals surface area (Å²) in [6.07, 6.45) is 25.0. The van der Waals surface area contributed by atoms with E-state index in [1.807, 2.05) is 42.1 Å². The number of phosphoric acid groups is 1. The lowest BCUT2D eigenvalue weighted by Crippen LogP contribution is -2.35. The summed E-state index contributed by atoms with van der Waals surface area (Å²) in [5.74, 6) is 0. The summed E-state index contributed by atoms with van der Waals surface area (Å²) >= 11 is 0. The van der Waals surface area contributed by atoms with E-state index in [0.717, 1.165) is 25.7 Å². The van der Waals surface area contributed by atoms with Gasteiger partial charge in [0.2, 0.25) is 0 Å². The minimum absolute atomic E-state index is 0.00123. The first-order valence-electron chi connectivity index (χ1n) is 17.0. The fourth-order valence-electron chi connectivity index (χ4n) is 4.70. The number of unbranched alkanes of at least 4 members (excludes halogenated alkanes) is 16. The normalized spacial score (nSPS) is 13.5. The van der Waals surface area contributed by atoms with Gasteiger partial charge in [0.05, 0.1) is 13.2 Å². The summed E-state index contributed by atoms with van der Waals surface area (Å²) in [5.41, 5.74) is 0. The Kier molecular flexibility index (Phi) is 25.7. The molecule has 0 aromatic carbocycles. The molecule has 2 unspecified atom stereocenters. The molecule has 0 fully saturated rings. The van der Waals surface area contributed by atoms with Gasteiger partial charge in [-0.2, -0.15) is 0 Å². The third-order valence-corrected chi connectivity index (χ3v) is 8.31. The van der Waals surface area contributed by atoms with Crippen molar-refractivity contribution in [3.63, 3.8) is 0 Å². The number of alkyl carbamates (subject to hydrolysis) is 1. The number of nitrogens with one attached hydrogen (secondary N) is 1. The van der Waals surface area contributed by atoms with Gasteiger partial charge in [0, 0.05) is 25.3 Å². The highest BCUT2D eigenvalue weighted by atomic mass is 31.2. The largest absolute Gasteiger partial charge is 0.472 e. The first kappa shape index (κ1) is 39.5. The topological polar surface area (TPSA) is 107 Å². The third-order valence-electron chi connectivity index (χ3n) is 7.32. The third kappa shape index (κ3) is 25.5. The Morgan fingerprint density at radius 1 is 0.721 bits per heavy atom. The van der Waals surface area contributed by atoms with Crippen molar-refractivity contribution in [3.8, 4) is 0 Å². The van der Waals surface area contributed by atoms with Crippen LogP contribution < -0.4 is 9.88 Å². The lowest BCUT2D eigenvalue weighted by molar-refractivity contribution is -0.697. The monoisotopic (exact) mass is 629 g/mol. The second-order valence-corrected chi connectivity index (χ2v) is 12.9. The number of rotatable bonds is 30. The summed E-state index contributed by atoms with van der Waals surface area (Å²) < 4.78 is 35.6. The molecule has 10 heteroatoms. The molecule has 0 spiro atoms. The Morgan fingerprint density at radius 2 is 1.26 bits per heavy atom. The molecule has 1 amide bonds. The van der Waals surface area contributed by atoms with Crippen molar-refractivity contribution in [2.45, 2.75) is 142 Å². The summed E-state index contributed by atoms with van der Waals surface area (Å²) in [4.78, 5) is 22.2. The van der Waals surface area contributed by atoms with Crippen LogP contribution in [0.1, 0.15) is 129 Å². The highest BCUT2D eigenvalue weighted by Crippen LogP contribution is 2.43. The van der Waals surface area contributed by atoms with E-state index in [0.29, 0.717) is 19.7 Å². The van der Waals surface area contributed by atoms with Crippen LogP contribution in [0.25, 0.3) is 0 Å². The standard InChI is InChI=1S/C33H61N2O7P/c1-3-5-7-8-9-10-11-12-13-14-15-16-17-18-19-23-28-39-30-32(42-33(36)34-24-6-4-2)31-41-43(37,38)40-29-27-35-25-21-20-22-26-35/h20-22,25-26,32H,3-19,23-24,27-31H2,1-2H3,(H-,34,36,37,38)/p+1. The predicted octanol–water partition coefficient (Wildman–Crippen LogP) is 8.28. The van der Waals surface area contributed by atoms with Gasteiger partial charge < -0.3 is 19.7 Å². The Bertz CT molecular complexity index is 816. The van der Waals surface area contributed by atoms with Gasteiger partial charge in [-0.1, -0.05) is 123 Å². The van der Waals surface area contributed by atoms with E-state index < -0.39 is 20.0 Å². The van der Waals surface area contributed by atoms with Crippen LogP contribution in [0, 0.1) is 0 Å². The van der Waals surface area contributed by atoms with Crippen LogP contribution in [-0.4, -0.2) is 50.1 Å². The first-order chi connectivity index (χ1) is 21.0. The Hall–Kier alpha value is -1.51. The highest BCUT2D eigenvalue weighted by Gasteiger charge is 2.26. The van der Waals surface area contributed by atoms with Crippen molar-refractivity contribution in [1.29, 1.82) is 0 Å². The molecule has 0 aliphatic rings. The minimum atomic E-state index is -4.31. The molecule has 0 saturated heterocycles. The van der Waals surface area contributed by atoms with Crippen LogP contribution in [0.15, 0.2) is 30.6 Å². The van der Waals surface area contributed by atoms with Crippen molar-refractivity contribution >= 4 is 13.9 Å². The van der Waals surface area contributed by atoms with E-state index in [4.69, 9.17) is 18.5 Å². The van der Waals surface area contributed by atoms with Gasteiger partial charge in [0.25, 0.3) is 0 Å². The minimum Gasteiger partial charge on any atom is -0.441 e. The maximum absolute atomic E-state index is 12.4. The van der Waals surface area contributed by atoms with E-state index in [9.17, 15) is 14.3 Å². The fraction of sp³-hybridized carbons (Fsp3) is 0.818. The zero-order valence-corrected chi connectivity index (χ0v) is 28.1. The number of amides is 1. The van der Waals surface area contributed by atoms with Crippen LogP contribution >= 0.6 is 7.82 Å². The molecule has 9 nitrogen and oxygen atoms in total. The van der Waals surface area contributed by atoms with E-state index in [1.54, 1.807) is 0 Å². The molecule has 1 heterocycles. The second-order valence-electron chi connectivity index (χ2n) is 11.4. The quantitative estimate of drug-likeness (QED) is 0.0501. The zero-order valence-electron chi connectivity index (χ0n) is 27.2. The van der Waals surface area contributed by atoms with Crippen molar-refractivity contribution in [2.75, 3.05) is 33.0 Å². The van der Waals surface area contributed by atoms with Crippen LogP contribution in [0.5, 0.6) is 0 Å². The predicted molar refractivity (Wildman–Crippen MR) is 172 cm³/mol. The molecule has 43 heavy (non-hydrogen) atoms. The number of hydrogen-bond donors (Lipinski definition) is 2. The average Bonchev–Trinajstić information content (AvgIpc) is 2.99. The second kappa shape index (κ2) is 28.0.